The van der Waals surface area contributed by atoms with Crippen molar-refractivity contribution in [2.24, 2.45) is 0 Å². The molecule has 148 valence electrons. The van der Waals surface area contributed by atoms with Crippen LogP contribution in [0.3, 0.4) is 0 Å². The van der Waals surface area contributed by atoms with Crippen molar-refractivity contribution >= 4 is 22.1 Å². The van der Waals surface area contributed by atoms with E-state index in [0.29, 0.717) is 28.1 Å². The summed E-state index contributed by atoms with van der Waals surface area (Å²) in [6.07, 6.45) is 6.85. The first-order valence-corrected chi connectivity index (χ1v) is 9.62. The summed E-state index contributed by atoms with van der Waals surface area (Å²) in [5, 5.41) is 7.45. The highest BCUT2D eigenvalue weighted by atomic mass is 19.1. The van der Waals surface area contributed by atoms with Gasteiger partial charge in [-0.05, 0) is 42.0 Å². The molecule has 7 nitrogen and oxygen atoms in total. The Kier molecular flexibility index (Phi) is 3.82. The van der Waals surface area contributed by atoms with E-state index in [0.717, 1.165) is 27.9 Å². The van der Waals surface area contributed by atoms with Gasteiger partial charge in [0.2, 0.25) is 0 Å². The van der Waals surface area contributed by atoms with Gasteiger partial charge in [-0.3, -0.25) is 15.1 Å². The summed E-state index contributed by atoms with van der Waals surface area (Å²) in [4.78, 5) is 21.2. The average Bonchev–Trinajstić information content (AvgIpc) is 3.43. The Morgan fingerprint density at radius 2 is 1.68 bits per heavy atom. The third kappa shape index (κ3) is 2.93. The summed E-state index contributed by atoms with van der Waals surface area (Å²) in [5.41, 5.74) is 6.76. The molecule has 0 saturated carbocycles. The van der Waals surface area contributed by atoms with E-state index < -0.39 is 0 Å². The number of nitrogens with zero attached hydrogens (tertiary/aromatic N) is 5. The van der Waals surface area contributed by atoms with E-state index in [2.05, 4.69) is 25.1 Å². The van der Waals surface area contributed by atoms with Gasteiger partial charge in [0.25, 0.3) is 0 Å². The molecule has 2 N–H and O–H groups in total. The van der Waals surface area contributed by atoms with Crippen molar-refractivity contribution < 1.29 is 4.39 Å². The average molecular weight is 407 g/mol. The standard InChI is InChI=1S/C23H14FN7/c24-15-3-1-2-14(10-15)16-11-26-12-19-20(16)29-23(28-19)22-21-18(30-31-22)5-4-17(27-21)13-6-8-25-9-7-13/h1-12H,(H,28,29)(H,30,31). The van der Waals surface area contributed by atoms with Crippen molar-refractivity contribution in [3.63, 3.8) is 0 Å². The van der Waals surface area contributed by atoms with Crippen molar-refractivity contribution in [3.8, 4) is 33.9 Å². The third-order valence-electron chi connectivity index (χ3n) is 5.14. The van der Waals surface area contributed by atoms with Crippen LogP contribution in [-0.4, -0.2) is 35.1 Å². The lowest BCUT2D eigenvalue weighted by Gasteiger charge is -2.01. The number of benzene rings is 1. The van der Waals surface area contributed by atoms with E-state index in [-0.39, 0.29) is 5.82 Å². The molecular formula is C23H14FN7. The number of rotatable bonds is 3. The smallest absolute Gasteiger partial charge is 0.161 e. The fraction of sp³-hybridized carbons (Fsp3) is 0. The van der Waals surface area contributed by atoms with Gasteiger partial charge in [-0.2, -0.15) is 5.10 Å². The second-order valence-electron chi connectivity index (χ2n) is 7.08. The molecule has 0 fully saturated rings. The van der Waals surface area contributed by atoms with Gasteiger partial charge < -0.3 is 4.98 Å². The van der Waals surface area contributed by atoms with Crippen molar-refractivity contribution in [3.05, 3.63) is 79.1 Å². The topological polar surface area (TPSA) is 96.0 Å². The molecule has 31 heavy (non-hydrogen) atoms. The predicted octanol–water partition coefficient (Wildman–Crippen LogP) is 4.76. The van der Waals surface area contributed by atoms with Crippen molar-refractivity contribution in [2.75, 3.05) is 0 Å². The van der Waals surface area contributed by atoms with Crippen LogP contribution in [0.2, 0.25) is 0 Å². The van der Waals surface area contributed by atoms with E-state index in [1.54, 1.807) is 30.9 Å². The number of pyridine rings is 3. The van der Waals surface area contributed by atoms with Crippen molar-refractivity contribution in [2.45, 2.75) is 0 Å². The number of fused-ring (bicyclic) bond motifs is 2. The Hall–Kier alpha value is -4.46. The van der Waals surface area contributed by atoms with Crippen molar-refractivity contribution in [1.82, 2.24) is 35.1 Å². The molecule has 0 amide bonds. The van der Waals surface area contributed by atoms with Gasteiger partial charge in [0, 0.05) is 29.7 Å². The molecule has 0 saturated heterocycles. The highest BCUT2D eigenvalue weighted by Crippen LogP contribution is 2.31. The number of imidazole rings is 1. The third-order valence-corrected chi connectivity index (χ3v) is 5.14. The zero-order valence-electron chi connectivity index (χ0n) is 16.0. The van der Waals surface area contributed by atoms with Crippen LogP contribution >= 0.6 is 0 Å². The molecule has 6 rings (SSSR count). The minimum Gasteiger partial charge on any atom is -0.335 e. The first-order valence-electron chi connectivity index (χ1n) is 9.62. The van der Waals surface area contributed by atoms with Gasteiger partial charge in [0.1, 0.15) is 11.3 Å². The first-order chi connectivity index (χ1) is 15.3. The molecule has 0 unspecified atom stereocenters. The summed E-state index contributed by atoms with van der Waals surface area (Å²) >= 11 is 0. The molecule has 5 heterocycles. The zero-order valence-corrected chi connectivity index (χ0v) is 16.0. The number of aromatic nitrogens is 7. The maximum Gasteiger partial charge on any atom is 0.161 e. The lowest BCUT2D eigenvalue weighted by molar-refractivity contribution is 0.628. The van der Waals surface area contributed by atoms with E-state index in [1.165, 1.54) is 12.1 Å². The van der Waals surface area contributed by atoms with Gasteiger partial charge >= 0.3 is 0 Å². The SMILES string of the molecule is Fc1cccc(-c2cncc3[nH]c(-c4n[nH]c5ccc(-c6ccncc6)nc45)nc23)c1. The van der Waals surface area contributed by atoms with Gasteiger partial charge in [-0.1, -0.05) is 12.1 Å². The normalized spacial score (nSPS) is 11.4. The van der Waals surface area contributed by atoms with Crippen LogP contribution in [0.15, 0.2) is 73.3 Å². The molecule has 5 aromatic heterocycles. The fourth-order valence-corrected chi connectivity index (χ4v) is 3.66. The highest BCUT2D eigenvalue weighted by molar-refractivity contribution is 5.95. The molecule has 0 bridgehead atoms. The number of hydrogen-bond donors (Lipinski definition) is 2. The molecule has 1 aromatic carbocycles. The van der Waals surface area contributed by atoms with Crippen LogP contribution in [0, 0.1) is 5.82 Å². The van der Waals surface area contributed by atoms with Crippen LogP contribution in [-0.2, 0) is 0 Å². The molecule has 6 aromatic rings. The number of hydrogen-bond acceptors (Lipinski definition) is 5. The van der Waals surface area contributed by atoms with Gasteiger partial charge in [0.05, 0.1) is 28.4 Å². The lowest BCUT2D eigenvalue weighted by Crippen LogP contribution is -1.87. The van der Waals surface area contributed by atoms with Crippen LogP contribution in [0.1, 0.15) is 0 Å². The Morgan fingerprint density at radius 1 is 0.774 bits per heavy atom. The van der Waals surface area contributed by atoms with E-state index in [9.17, 15) is 4.39 Å². The summed E-state index contributed by atoms with van der Waals surface area (Å²) < 4.78 is 13.8. The Bertz CT molecular complexity index is 1550. The Morgan fingerprint density at radius 3 is 2.55 bits per heavy atom. The summed E-state index contributed by atoms with van der Waals surface area (Å²) in [5.74, 6) is 0.252. The molecule has 0 aliphatic carbocycles. The van der Waals surface area contributed by atoms with Gasteiger partial charge in [0.15, 0.2) is 11.5 Å². The molecule has 0 radical (unpaired) electrons. The van der Waals surface area contributed by atoms with E-state index in [4.69, 9.17) is 9.97 Å². The lowest BCUT2D eigenvalue weighted by atomic mass is 10.1. The van der Waals surface area contributed by atoms with Crippen LogP contribution in [0.4, 0.5) is 4.39 Å². The van der Waals surface area contributed by atoms with Crippen molar-refractivity contribution in [1.29, 1.82) is 0 Å². The van der Waals surface area contributed by atoms with E-state index in [1.807, 2.05) is 30.3 Å². The first kappa shape index (κ1) is 17.4. The van der Waals surface area contributed by atoms with Crippen LogP contribution in [0.25, 0.3) is 56.0 Å². The van der Waals surface area contributed by atoms with E-state index >= 15 is 0 Å². The highest BCUT2D eigenvalue weighted by Gasteiger charge is 2.17. The molecule has 0 aliphatic heterocycles. The zero-order chi connectivity index (χ0) is 20.8. The second-order valence-corrected chi connectivity index (χ2v) is 7.08. The second kappa shape index (κ2) is 6.81. The maximum atomic E-state index is 13.8. The van der Waals surface area contributed by atoms with Gasteiger partial charge in [-0.25, -0.2) is 14.4 Å². The minimum atomic E-state index is -0.309. The molecule has 8 heteroatoms. The number of H-pyrrole nitrogens is 2. The van der Waals surface area contributed by atoms with Gasteiger partial charge in [-0.15, -0.1) is 0 Å². The fourth-order valence-electron chi connectivity index (χ4n) is 3.66. The largest absolute Gasteiger partial charge is 0.335 e. The Labute approximate surface area is 175 Å². The number of halogens is 1. The summed E-state index contributed by atoms with van der Waals surface area (Å²) in [6, 6.07) is 14.1. The molecule has 0 aliphatic rings. The number of aromatic amines is 2. The monoisotopic (exact) mass is 407 g/mol. The minimum absolute atomic E-state index is 0.309. The predicted molar refractivity (Wildman–Crippen MR) is 115 cm³/mol. The molecular weight excluding hydrogens is 393 g/mol. The van der Waals surface area contributed by atoms with Crippen LogP contribution < -0.4 is 0 Å². The molecule has 0 spiro atoms. The number of nitrogens with one attached hydrogen (secondary N) is 2. The Balaban J connectivity index is 1.52. The van der Waals surface area contributed by atoms with Crippen LogP contribution in [0.5, 0.6) is 0 Å². The maximum absolute atomic E-state index is 13.8. The summed E-state index contributed by atoms with van der Waals surface area (Å²) in [7, 11) is 0. The molecule has 0 atom stereocenters. The quantitative estimate of drug-likeness (QED) is 0.441. The summed E-state index contributed by atoms with van der Waals surface area (Å²) in [6.45, 7) is 0.